The minimum atomic E-state index is -0.999. The molecule has 1 aromatic heterocycles. The van der Waals surface area contributed by atoms with Crippen LogP contribution in [0.3, 0.4) is 0 Å². The average molecular weight is 338 g/mol. The van der Waals surface area contributed by atoms with Gasteiger partial charge in [-0.05, 0) is 36.4 Å². The monoisotopic (exact) mass is 338 g/mol. The quantitative estimate of drug-likeness (QED) is 0.559. The van der Waals surface area contributed by atoms with Crippen LogP contribution in [-0.4, -0.2) is 20.6 Å². The van der Waals surface area contributed by atoms with Crippen LogP contribution in [0.1, 0.15) is 21.5 Å². The Morgan fingerprint density at radius 3 is 2.46 bits per heavy atom. The topological polar surface area (TPSA) is 55.1 Å². The molecule has 0 unspecified atom stereocenters. The number of para-hydroxylation sites is 3. The number of nitrogens with zero attached hydrogens (tertiary/aromatic N) is 2. The first-order valence-electron chi connectivity index (χ1n) is 8.10. The van der Waals surface area contributed by atoms with Gasteiger partial charge in [0.2, 0.25) is 0 Å². The van der Waals surface area contributed by atoms with Crippen LogP contribution in [0.2, 0.25) is 0 Å². The van der Waals surface area contributed by atoms with Gasteiger partial charge in [-0.1, -0.05) is 48.2 Å². The van der Waals surface area contributed by atoms with Gasteiger partial charge in [-0.25, -0.2) is 9.78 Å². The summed E-state index contributed by atoms with van der Waals surface area (Å²) >= 11 is 0. The Hall–Kier alpha value is -3.84. The van der Waals surface area contributed by atoms with E-state index in [0.29, 0.717) is 11.3 Å². The molecule has 0 aliphatic carbocycles. The van der Waals surface area contributed by atoms with Gasteiger partial charge in [0, 0.05) is 11.1 Å². The van der Waals surface area contributed by atoms with Crippen LogP contribution in [0, 0.1) is 11.8 Å². The summed E-state index contributed by atoms with van der Waals surface area (Å²) in [5, 5.41) is 9.66. The summed E-state index contributed by atoms with van der Waals surface area (Å²) in [4.78, 5) is 16.2. The van der Waals surface area contributed by atoms with Crippen molar-refractivity contribution in [2.75, 3.05) is 0 Å². The third-order valence-electron chi connectivity index (χ3n) is 4.08. The summed E-state index contributed by atoms with van der Waals surface area (Å²) in [5.41, 5.74) is 3.86. The van der Waals surface area contributed by atoms with Crippen LogP contribution in [0.4, 0.5) is 0 Å². The number of carbonyl (C=O) groups is 1. The standard InChI is InChI=1S/C22H14N2O2/c25-22(26)18-10-6-9-17(14-13-16-7-2-1-3-8-16)21(18)24-15-23-19-11-4-5-12-20(19)24/h1-12,15H,(H,25,26). The molecule has 0 aliphatic rings. The lowest BCUT2D eigenvalue weighted by atomic mass is 10.1. The van der Waals surface area contributed by atoms with Gasteiger partial charge in [0.15, 0.2) is 0 Å². The molecule has 1 N–H and O–H groups in total. The van der Waals surface area contributed by atoms with Gasteiger partial charge in [0.25, 0.3) is 0 Å². The number of carboxylic acid groups (broad SMARTS) is 1. The minimum Gasteiger partial charge on any atom is -0.478 e. The van der Waals surface area contributed by atoms with Crippen molar-refractivity contribution in [1.29, 1.82) is 0 Å². The molecule has 4 aromatic rings. The first-order chi connectivity index (χ1) is 12.7. The number of fused-ring (bicyclic) bond motifs is 1. The number of aromatic nitrogens is 2. The van der Waals surface area contributed by atoms with Gasteiger partial charge in [0.1, 0.15) is 6.33 Å². The van der Waals surface area contributed by atoms with Gasteiger partial charge >= 0.3 is 5.97 Å². The van der Waals surface area contributed by atoms with E-state index in [9.17, 15) is 9.90 Å². The van der Waals surface area contributed by atoms with E-state index in [4.69, 9.17) is 0 Å². The van der Waals surface area contributed by atoms with Gasteiger partial charge in [-0.15, -0.1) is 0 Å². The van der Waals surface area contributed by atoms with E-state index < -0.39 is 5.97 Å². The smallest absolute Gasteiger partial charge is 0.337 e. The van der Waals surface area contributed by atoms with E-state index in [1.165, 1.54) is 0 Å². The highest BCUT2D eigenvalue weighted by atomic mass is 16.4. The highest BCUT2D eigenvalue weighted by molar-refractivity contribution is 5.94. The zero-order chi connectivity index (χ0) is 17.9. The van der Waals surface area contributed by atoms with Crippen LogP contribution >= 0.6 is 0 Å². The molecule has 3 aromatic carbocycles. The Morgan fingerprint density at radius 1 is 0.885 bits per heavy atom. The number of benzene rings is 3. The summed E-state index contributed by atoms with van der Waals surface area (Å²) in [6.07, 6.45) is 1.64. The Bertz CT molecular complexity index is 1160. The van der Waals surface area contributed by atoms with Crippen LogP contribution in [0.15, 0.2) is 79.1 Å². The lowest BCUT2D eigenvalue weighted by molar-refractivity contribution is 0.0697. The summed E-state index contributed by atoms with van der Waals surface area (Å²) < 4.78 is 1.79. The molecule has 4 rings (SSSR count). The maximum atomic E-state index is 11.8. The maximum absolute atomic E-state index is 11.8. The highest BCUT2D eigenvalue weighted by Crippen LogP contribution is 2.24. The second kappa shape index (κ2) is 6.58. The normalized spacial score (nSPS) is 10.3. The molecule has 1 heterocycles. The lowest BCUT2D eigenvalue weighted by Crippen LogP contribution is -2.07. The predicted octanol–water partition coefficient (Wildman–Crippen LogP) is 4.12. The number of hydrogen-bond acceptors (Lipinski definition) is 2. The Kier molecular flexibility index (Phi) is 3.97. The van der Waals surface area contributed by atoms with E-state index in [2.05, 4.69) is 16.8 Å². The Balaban J connectivity index is 1.95. The zero-order valence-electron chi connectivity index (χ0n) is 13.8. The fraction of sp³-hybridized carbons (Fsp3) is 0. The van der Waals surface area contributed by atoms with Crippen LogP contribution in [-0.2, 0) is 0 Å². The Morgan fingerprint density at radius 2 is 1.65 bits per heavy atom. The lowest BCUT2D eigenvalue weighted by Gasteiger charge is -2.11. The van der Waals surface area contributed by atoms with Crippen molar-refractivity contribution >= 4 is 17.0 Å². The summed E-state index contributed by atoms with van der Waals surface area (Å²) in [7, 11) is 0. The minimum absolute atomic E-state index is 0.188. The second-order valence-corrected chi connectivity index (χ2v) is 5.73. The van der Waals surface area contributed by atoms with Crippen LogP contribution < -0.4 is 0 Å². The van der Waals surface area contributed by atoms with Crippen molar-refractivity contribution in [3.05, 3.63) is 95.8 Å². The number of aromatic carboxylic acids is 1. The molecule has 0 spiro atoms. The van der Waals surface area contributed by atoms with Gasteiger partial charge in [0.05, 0.1) is 22.3 Å². The summed E-state index contributed by atoms with van der Waals surface area (Å²) in [6, 6.07) is 22.3. The van der Waals surface area contributed by atoms with E-state index in [1.54, 1.807) is 23.0 Å². The third kappa shape index (κ3) is 2.83. The third-order valence-corrected chi connectivity index (χ3v) is 4.08. The van der Waals surface area contributed by atoms with Gasteiger partial charge in [-0.3, -0.25) is 4.57 Å². The Labute approximate surface area is 150 Å². The SMILES string of the molecule is O=C(O)c1cccc(C#Cc2ccccc2)c1-n1cnc2ccccc21. The predicted molar refractivity (Wildman–Crippen MR) is 100 cm³/mol. The molecular formula is C22H14N2O2. The number of carboxylic acids is 1. The molecule has 0 amide bonds. The number of imidazole rings is 1. The van der Waals surface area contributed by atoms with Crippen molar-refractivity contribution in [2.24, 2.45) is 0 Å². The molecule has 0 bridgehead atoms. The van der Waals surface area contributed by atoms with Crippen molar-refractivity contribution in [1.82, 2.24) is 9.55 Å². The highest BCUT2D eigenvalue weighted by Gasteiger charge is 2.17. The van der Waals surface area contributed by atoms with E-state index in [-0.39, 0.29) is 5.56 Å². The fourth-order valence-corrected chi connectivity index (χ4v) is 2.87. The average Bonchev–Trinajstić information content (AvgIpc) is 3.10. The molecule has 0 fully saturated rings. The van der Waals surface area contributed by atoms with Gasteiger partial charge in [-0.2, -0.15) is 0 Å². The molecule has 124 valence electrons. The zero-order valence-corrected chi connectivity index (χ0v) is 13.8. The molecule has 0 atom stereocenters. The molecule has 0 saturated heterocycles. The van der Waals surface area contributed by atoms with Crippen LogP contribution in [0.25, 0.3) is 16.7 Å². The second-order valence-electron chi connectivity index (χ2n) is 5.73. The van der Waals surface area contributed by atoms with Gasteiger partial charge < -0.3 is 5.11 Å². The molecule has 0 aliphatic heterocycles. The van der Waals surface area contributed by atoms with Crippen molar-refractivity contribution in [2.45, 2.75) is 0 Å². The summed E-state index contributed by atoms with van der Waals surface area (Å²) in [5.74, 6) is 5.22. The molecule has 0 saturated carbocycles. The first kappa shape index (κ1) is 15.7. The van der Waals surface area contributed by atoms with Crippen molar-refractivity contribution < 1.29 is 9.90 Å². The molecule has 0 radical (unpaired) electrons. The van der Waals surface area contributed by atoms with Crippen molar-refractivity contribution in [3.63, 3.8) is 0 Å². The van der Waals surface area contributed by atoms with E-state index in [0.717, 1.165) is 16.6 Å². The molecular weight excluding hydrogens is 324 g/mol. The maximum Gasteiger partial charge on any atom is 0.337 e. The number of hydrogen-bond donors (Lipinski definition) is 1. The molecule has 4 nitrogen and oxygen atoms in total. The van der Waals surface area contributed by atoms with Crippen molar-refractivity contribution in [3.8, 4) is 17.5 Å². The van der Waals surface area contributed by atoms with E-state index in [1.807, 2.05) is 60.7 Å². The molecule has 26 heavy (non-hydrogen) atoms. The van der Waals surface area contributed by atoms with E-state index >= 15 is 0 Å². The van der Waals surface area contributed by atoms with Crippen LogP contribution in [0.5, 0.6) is 0 Å². The number of rotatable bonds is 2. The molecule has 4 heteroatoms. The summed E-state index contributed by atoms with van der Waals surface area (Å²) in [6.45, 7) is 0. The fourth-order valence-electron chi connectivity index (χ4n) is 2.87. The largest absolute Gasteiger partial charge is 0.478 e. The first-order valence-corrected chi connectivity index (χ1v) is 8.10.